The van der Waals surface area contributed by atoms with Crippen molar-refractivity contribution in [2.45, 2.75) is 13.0 Å². The molecule has 0 spiro atoms. The van der Waals surface area contributed by atoms with Gasteiger partial charge in [-0.1, -0.05) is 12.1 Å². The van der Waals surface area contributed by atoms with Crippen LogP contribution in [0, 0.1) is 17.1 Å². The maximum atomic E-state index is 13.6. The van der Waals surface area contributed by atoms with Crippen LogP contribution >= 0.6 is 0 Å². The molecule has 0 aliphatic carbocycles. The fraction of sp³-hybridized carbons (Fsp3) is 0.333. The van der Waals surface area contributed by atoms with E-state index in [2.05, 4.69) is 10.6 Å². The van der Waals surface area contributed by atoms with Gasteiger partial charge < -0.3 is 10.6 Å². The average Bonchev–Trinajstić information content (AvgIpc) is 2.36. The Kier molecular flexibility index (Phi) is 5.11. The van der Waals surface area contributed by atoms with E-state index in [4.69, 9.17) is 5.26 Å². The minimum absolute atomic E-state index is 0.0376. The molecule has 0 saturated carbocycles. The molecule has 1 rings (SSSR count). The highest BCUT2D eigenvalue weighted by Crippen LogP contribution is 2.11. The number of nitriles is 1. The molecule has 0 atom stereocenters. The Labute approximate surface area is 99.4 Å². The van der Waals surface area contributed by atoms with E-state index in [1.54, 1.807) is 25.2 Å². The predicted molar refractivity (Wildman–Crippen MR) is 61.5 cm³/mol. The van der Waals surface area contributed by atoms with E-state index < -0.39 is 5.82 Å². The minimum Gasteiger partial charge on any atom is -0.359 e. The third kappa shape index (κ3) is 3.85. The molecule has 0 radical (unpaired) electrons. The highest BCUT2D eigenvalue weighted by Gasteiger charge is 2.06. The summed E-state index contributed by atoms with van der Waals surface area (Å²) in [4.78, 5) is 10.9. The van der Waals surface area contributed by atoms with Gasteiger partial charge in [-0.15, -0.1) is 0 Å². The molecule has 1 aromatic carbocycles. The van der Waals surface area contributed by atoms with Crippen LogP contribution in [0.1, 0.15) is 17.5 Å². The Morgan fingerprint density at radius 3 is 2.94 bits per heavy atom. The largest absolute Gasteiger partial charge is 0.359 e. The second-order valence-electron chi connectivity index (χ2n) is 3.49. The van der Waals surface area contributed by atoms with Crippen molar-refractivity contribution in [1.82, 2.24) is 10.6 Å². The lowest BCUT2D eigenvalue weighted by Gasteiger charge is -2.06. The van der Waals surface area contributed by atoms with Gasteiger partial charge in [0.1, 0.15) is 11.9 Å². The van der Waals surface area contributed by atoms with Crippen LogP contribution in [-0.2, 0) is 11.3 Å². The summed E-state index contributed by atoms with van der Waals surface area (Å²) in [6, 6.07) is 6.47. The Hall–Kier alpha value is -1.93. The molecule has 1 amide bonds. The first-order valence-electron chi connectivity index (χ1n) is 5.27. The molecule has 17 heavy (non-hydrogen) atoms. The number of carbonyl (C=O) groups excluding carboxylic acids is 1. The third-order valence-electron chi connectivity index (χ3n) is 2.32. The minimum atomic E-state index is -0.498. The van der Waals surface area contributed by atoms with Gasteiger partial charge >= 0.3 is 0 Å². The van der Waals surface area contributed by atoms with E-state index in [1.165, 1.54) is 6.07 Å². The van der Waals surface area contributed by atoms with E-state index in [9.17, 15) is 9.18 Å². The van der Waals surface area contributed by atoms with Crippen molar-refractivity contribution in [1.29, 1.82) is 5.26 Å². The lowest BCUT2D eigenvalue weighted by Crippen LogP contribution is -2.24. The predicted octanol–water partition coefficient (Wildman–Crippen LogP) is 0.923. The lowest BCUT2D eigenvalue weighted by molar-refractivity contribution is -0.120. The molecule has 0 aliphatic rings. The van der Waals surface area contributed by atoms with Crippen LogP contribution in [0.15, 0.2) is 18.2 Å². The summed E-state index contributed by atoms with van der Waals surface area (Å²) in [7, 11) is 1.57. The van der Waals surface area contributed by atoms with Crippen molar-refractivity contribution in [2.75, 3.05) is 13.6 Å². The van der Waals surface area contributed by atoms with Crippen LogP contribution in [0.5, 0.6) is 0 Å². The average molecular weight is 235 g/mol. The van der Waals surface area contributed by atoms with Gasteiger partial charge in [0.05, 0.1) is 5.56 Å². The number of rotatable bonds is 5. The molecule has 1 aromatic rings. The molecule has 0 unspecified atom stereocenters. The molecule has 5 heteroatoms. The first-order valence-corrected chi connectivity index (χ1v) is 5.27. The number of benzene rings is 1. The molecule has 2 N–H and O–H groups in total. The van der Waals surface area contributed by atoms with Gasteiger partial charge in [0.2, 0.25) is 5.91 Å². The van der Waals surface area contributed by atoms with E-state index in [0.29, 0.717) is 25.1 Å². The van der Waals surface area contributed by atoms with Gasteiger partial charge in [-0.3, -0.25) is 4.79 Å². The third-order valence-corrected chi connectivity index (χ3v) is 2.32. The Morgan fingerprint density at radius 1 is 1.53 bits per heavy atom. The number of nitrogens with one attached hydrogen (secondary N) is 2. The molecular formula is C12H14FN3O. The summed E-state index contributed by atoms with van der Waals surface area (Å²) in [6.45, 7) is 0.772. The van der Waals surface area contributed by atoms with Gasteiger partial charge in [-0.25, -0.2) is 4.39 Å². The van der Waals surface area contributed by atoms with Crippen LogP contribution in [0.3, 0.4) is 0 Å². The fourth-order valence-corrected chi connectivity index (χ4v) is 1.35. The van der Waals surface area contributed by atoms with Crippen molar-refractivity contribution in [2.24, 2.45) is 0 Å². The van der Waals surface area contributed by atoms with Crippen LogP contribution < -0.4 is 10.6 Å². The van der Waals surface area contributed by atoms with Gasteiger partial charge in [-0.2, -0.15) is 5.26 Å². The lowest BCUT2D eigenvalue weighted by atomic mass is 10.1. The zero-order valence-electron chi connectivity index (χ0n) is 9.59. The van der Waals surface area contributed by atoms with Gasteiger partial charge in [0.25, 0.3) is 0 Å². The summed E-state index contributed by atoms with van der Waals surface area (Å²) in [5.41, 5.74) is 0.469. The smallest absolute Gasteiger partial charge is 0.221 e. The van der Waals surface area contributed by atoms with Crippen LogP contribution in [-0.4, -0.2) is 19.5 Å². The molecule has 0 fully saturated rings. The number of amides is 1. The number of hydrogen-bond acceptors (Lipinski definition) is 3. The Bertz CT molecular complexity index is 440. The van der Waals surface area contributed by atoms with Crippen LogP contribution in [0.4, 0.5) is 4.39 Å². The molecule has 90 valence electrons. The highest BCUT2D eigenvalue weighted by molar-refractivity contribution is 5.75. The van der Waals surface area contributed by atoms with E-state index in [0.717, 1.165) is 0 Å². The first-order chi connectivity index (χ1) is 8.19. The summed E-state index contributed by atoms with van der Waals surface area (Å²) >= 11 is 0. The molecular weight excluding hydrogens is 221 g/mol. The standard InChI is InChI=1S/C12H14FN3O/c1-15-11(17)5-6-16-8-10-4-2-3-9(7-14)12(10)13/h2-4,16H,5-6,8H2,1H3,(H,15,17). The molecule has 4 nitrogen and oxygen atoms in total. The monoisotopic (exact) mass is 235 g/mol. The highest BCUT2D eigenvalue weighted by atomic mass is 19.1. The summed E-state index contributed by atoms with van der Waals surface area (Å²) in [5, 5.41) is 14.1. The van der Waals surface area contributed by atoms with Crippen molar-refractivity contribution in [3.63, 3.8) is 0 Å². The quantitative estimate of drug-likeness (QED) is 0.746. The molecule has 0 heterocycles. The molecule has 0 saturated heterocycles. The summed E-state index contributed by atoms with van der Waals surface area (Å²) in [5.74, 6) is -0.564. The van der Waals surface area contributed by atoms with E-state index in [-0.39, 0.29) is 11.5 Å². The zero-order valence-corrected chi connectivity index (χ0v) is 9.59. The van der Waals surface area contributed by atoms with E-state index in [1.807, 2.05) is 0 Å². The topological polar surface area (TPSA) is 64.9 Å². The van der Waals surface area contributed by atoms with Gasteiger partial charge in [0, 0.05) is 32.1 Å². The fourth-order valence-electron chi connectivity index (χ4n) is 1.35. The van der Waals surface area contributed by atoms with Gasteiger partial charge in [-0.05, 0) is 6.07 Å². The van der Waals surface area contributed by atoms with Crippen LogP contribution in [0.25, 0.3) is 0 Å². The first kappa shape index (κ1) is 13.1. The SMILES string of the molecule is CNC(=O)CCNCc1cccc(C#N)c1F. The molecule has 0 aromatic heterocycles. The van der Waals surface area contributed by atoms with Crippen molar-refractivity contribution < 1.29 is 9.18 Å². The van der Waals surface area contributed by atoms with Crippen molar-refractivity contribution >= 4 is 5.91 Å². The second-order valence-corrected chi connectivity index (χ2v) is 3.49. The summed E-state index contributed by atoms with van der Waals surface area (Å²) < 4.78 is 13.6. The van der Waals surface area contributed by atoms with Crippen molar-refractivity contribution in [3.8, 4) is 6.07 Å². The van der Waals surface area contributed by atoms with Crippen molar-refractivity contribution in [3.05, 3.63) is 35.1 Å². The number of carbonyl (C=O) groups is 1. The van der Waals surface area contributed by atoms with E-state index >= 15 is 0 Å². The van der Waals surface area contributed by atoms with Gasteiger partial charge in [0.15, 0.2) is 0 Å². The zero-order chi connectivity index (χ0) is 12.7. The Morgan fingerprint density at radius 2 is 2.29 bits per heavy atom. The number of hydrogen-bond donors (Lipinski definition) is 2. The Balaban J connectivity index is 2.48. The number of nitrogens with zero attached hydrogens (tertiary/aromatic N) is 1. The second kappa shape index (κ2) is 6.61. The molecule has 0 bridgehead atoms. The number of halogens is 1. The summed E-state index contributed by atoms with van der Waals surface area (Å²) in [6.07, 6.45) is 0.343. The maximum absolute atomic E-state index is 13.6. The maximum Gasteiger partial charge on any atom is 0.221 e. The molecule has 0 aliphatic heterocycles. The normalized spacial score (nSPS) is 9.71. The van der Waals surface area contributed by atoms with Crippen LogP contribution in [0.2, 0.25) is 0 Å².